The smallest absolute Gasteiger partial charge is 0.302 e. The topological polar surface area (TPSA) is 35.5 Å². The maximum Gasteiger partial charge on any atom is 0.362 e. The molecule has 0 aromatic heterocycles. The van der Waals surface area contributed by atoms with Gasteiger partial charge in [-0.1, -0.05) is 25.1 Å². The highest BCUT2D eigenvalue weighted by atomic mass is 31.2. The largest absolute Gasteiger partial charge is 0.362 e. The van der Waals surface area contributed by atoms with Crippen molar-refractivity contribution in [1.29, 1.82) is 0 Å². The van der Waals surface area contributed by atoms with Gasteiger partial charge in [-0.05, 0) is 43.7 Å². The summed E-state index contributed by atoms with van der Waals surface area (Å²) >= 11 is 0. The second-order valence-corrected chi connectivity index (χ2v) is 6.99. The van der Waals surface area contributed by atoms with E-state index in [9.17, 15) is 4.57 Å². The molecule has 3 rings (SSSR count). The Morgan fingerprint density at radius 3 is 2.17 bits per heavy atom. The molecular formula is C14H19O3P. The molecule has 0 aliphatic heterocycles. The molecule has 2 fully saturated rings. The van der Waals surface area contributed by atoms with Crippen molar-refractivity contribution in [1.82, 2.24) is 0 Å². The Bertz CT molecular complexity index is 460. The molecule has 0 heterocycles. The third-order valence-corrected chi connectivity index (χ3v) is 5.47. The predicted octanol–water partition coefficient (Wildman–Crippen LogP) is 3.43. The minimum atomic E-state index is -3.11. The van der Waals surface area contributed by atoms with Crippen molar-refractivity contribution in [3.63, 3.8) is 0 Å². The standard InChI is InChI=1S/C14H19O3P/c1-2-11-5-3-4-6-14(11)18(15,16-12-7-8-12)17-13-9-10-13/h3-6,12-13H,2,7-10H2,1H3. The first-order chi connectivity index (χ1) is 8.71. The molecule has 0 bridgehead atoms. The maximum atomic E-state index is 13.1. The molecule has 2 saturated carbocycles. The van der Waals surface area contributed by atoms with Crippen LogP contribution in [0.25, 0.3) is 0 Å². The molecule has 0 unspecified atom stereocenters. The van der Waals surface area contributed by atoms with Crippen LogP contribution in [0, 0.1) is 0 Å². The first-order valence-electron chi connectivity index (χ1n) is 6.76. The summed E-state index contributed by atoms with van der Waals surface area (Å²) in [6, 6.07) is 7.79. The van der Waals surface area contributed by atoms with Crippen molar-refractivity contribution >= 4 is 12.9 Å². The molecule has 2 aliphatic carbocycles. The van der Waals surface area contributed by atoms with Gasteiger partial charge in [0.1, 0.15) is 0 Å². The Balaban J connectivity index is 1.92. The van der Waals surface area contributed by atoms with E-state index >= 15 is 0 Å². The quantitative estimate of drug-likeness (QED) is 0.740. The van der Waals surface area contributed by atoms with Crippen molar-refractivity contribution in [3.8, 4) is 0 Å². The Labute approximate surface area is 108 Å². The van der Waals surface area contributed by atoms with Crippen LogP contribution >= 0.6 is 7.60 Å². The van der Waals surface area contributed by atoms with E-state index in [2.05, 4.69) is 6.92 Å². The summed E-state index contributed by atoms with van der Waals surface area (Å²) in [7, 11) is -3.11. The second-order valence-electron chi connectivity index (χ2n) is 5.09. The van der Waals surface area contributed by atoms with Crippen molar-refractivity contribution < 1.29 is 13.6 Å². The molecular weight excluding hydrogens is 247 g/mol. The van der Waals surface area contributed by atoms with Crippen LogP contribution in [-0.4, -0.2) is 12.2 Å². The number of rotatable bonds is 6. The van der Waals surface area contributed by atoms with Gasteiger partial charge in [0.15, 0.2) is 0 Å². The molecule has 1 aromatic rings. The van der Waals surface area contributed by atoms with Gasteiger partial charge in [0.25, 0.3) is 0 Å². The van der Waals surface area contributed by atoms with Crippen LogP contribution < -0.4 is 5.30 Å². The lowest BCUT2D eigenvalue weighted by molar-refractivity contribution is 0.198. The lowest BCUT2D eigenvalue weighted by atomic mass is 10.2. The fourth-order valence-electron chi connectivity index (χ4n) is 1.95. The SMILES string of the molecule is CCc1ccccc1P(=O)(OC1CC1)OC1CC1. The van der Waals surface area contributed by atoms with E-state index in [1.807, 2.05) is 24.3 Å². The molecule has 2 aliphatic rings. The van der Waals surface area contributed by atoms with Crippen molar-refractivity contribution in [2.75, 3.05) is 0 Å². The van der Waals surface area contributed by atoms with Crippen molar-refractivity contribution in [2.45, 2.75) is 51.2 Å². The third-order valence-electron chi connectivity index (χ3n) is 3.29. The monoisotopic (exact) mass is 266 g/mol. The van der Waals surface area contributed by atoms with E-state index in [1.54, 1.807) is 0 Å². The van der Waals surface area contributed by atoms with Gasteiger partial charge in [0, 0.05) is 0 Å². The normalized spacial score (nSPS) is 20.1. The van der Waals surface area contributed by atoms with Crippen molar-refractivity contribution in [2.24, 2.45) is 0 Å². The molecule has 0 spiro atoms. The van der Waals surface area contributed by atoms with Gasteiger partial charge in [0.05, 0.1) is 17.5 Å². The van der Waals surface area contributed by atoms with E-state index in [-0.39, 0.29) is 12.2 Å². The molecule has 4 heteroatoms. The van der Waals surface area contributed by atoms with Crippen LogP contribution in [0.15, 0.2) is 24.3 Å². The van der Waals surface area contributed by atoms with Crippen LogP contribution in [-0.2, 0) is 20.0 Å². The summed E-state index contributed by atoms with van der Waals surface area (Å²) in [5.74, 6) is 0. The summed E-state index contributed by atoms with van der Waals surface area (Å²) in [5.41, 5.74) is 1.07. The molecule has 0 radical (unpaired) electrons. The Morgan fingerprint density at radius 1 is 1.11 bits per heavy atom. The predicted molar refractivity (Wildman–Crippen MR) is 71.3 cm³/mol. The zero-order chi connectivity index (χ0) is 12.6. The minimum Gasteiger partial charge on any atom is -0.302 e. The number of aryl methyl sites for hydroxylation is 1. The van der Waals surface area contributed by atoms with Crippen LogP contribution in [0.1, 0.15) is 38.2 Å². The molecule has 0 N–H and O–H groups in total. The fourth-order valence-corrected chi connectivity index (χ4v) is 4.29. The third kappa shape index (κ3) is 2.69. The fraction of sp³-hybridized carbons (Fsp3) is 0.571. The van der Waals surface area contributed by atoms with Gasteiger partial charge in [-0.2, -0.15) is 0 Å². The summed E-state index contributed by atoms with van der Waals surface area (Å²) in [4.78, 5) is 0. The number of hydrogen-bond acceptors (Lipinski definition) is 3. The Hall–Kier alpha value is -0.630. The Morgan fingerprint density at radius 2 is 1.67 bits per heavy atom. The number of benzene rings is 1. The first kappa shape index (κ1) is 12.4. The van der Waals surface area contributed by atoms with Gasteiger partial charge >= 0.3 is 7.60 Å². The van der Waals surface area contributed by atoms with E-state index in [0.29, 0.717) is 0 Å². The van der Waals surface area contributed by atoms with E-state index in [0.717, 1.165) is 43.0 Å². The van der Waals surface area contributed by atoms with E-state index in [4.69, 9.17) is 9.05 Å². The van der Waals surface area contributed by atoms with Crippen molar-refractivity contribution in [3.05, 3.63) is 29.8 Å². The molecule has 0 saturated heterocycles. The van der Waals surface area contributed by atoms with Crippen LogP contribution in [0.2, 0.25) is 0 Å². The lowest BCUT2D eigenvalue weighted by Crippen LogP contribution is -2.16. The highest BCUT2D eigenvalue weighted by molar-refractivity contribution is 7.62. The summed E-state index contributed by atoms with van der Waals surface area (Å²) < 4.78 is 24.6. The highest BCUT2D eigenvalue weighted by Crippen LogP contribution is 2.56. The first-order valence-corrected chi connectivity index (χ1v) is 8.31. The van der Waals surface area contributed by atoms with Crippen LogP contribution in [0.5, 0.6) is 0 Å². The number of hydrogen-bond donors (Lipinski definition) is 0. The summed E-state index contributed by atoms with van der Waals surface area (Å²) in [5, 5.41) is 0.770. The Kier molecular flexibility index (Phi) is 3.31. The highest BCUT2D eigenvalue weighted by Gasteiger charge is 2.41. The van der Waals surface area contributed by atoms with Crippen LogP contribution in [0.3, 0.4) is 0 Å². The minimum absolute atomic E-state index is 0.138. The second kappa shape index (κ2) is 4.80. The summed E-state index contributed by atoms with van der Waals surface area (Å²) in [6.45, 7) is 2.07. The zero-order valence-electron chi connectivity index (χ0n) is 10.7. The van der Waals surface area contributed by atoms with E-state index in [1.165, 1.54) is 0 Å². The van der Waals surface area contributed by atoms with Gasteiger partial charge < -0.3 is 9.05 Å². The average Bonchev–Trinajstić information content (AvgIpc) is 3.26. The van der Waals surface area contributed by atoms with E-state index < -0.39 is 7.60 Å². The molecule has 18 heavy (non-hydrogen) atoms. The molecule has 98 valence electrons. The lowest BCUT2D eigenvalue weighted by Gasteiger charge is -2.20. The maximum absolute atomic E-state index is 13.1. The van der Waals surface area contributed by atoms with Crippen LogP contribution in [0.4, 0.5) is 0 Å². The van der Waals surface area contributed by atoms with Gasteiger partial charge in [-0.3, -0.25) is 4.57 Å². The zero-order valence-corrected chi connectivity index (χ0v) is 11.6. The van der Waals surface area contributed by atoms with Gasteiger partial charge in [0.2, 0.25) is 0 Å². The molecule has 3 nitrogen and oxygen atoms in total. The summed E-state index contributed by atoms with van der Waals surface area (Å²) in [6.07, 6.45) is 5.15. The molecule has 1 aromatic carbocycles. The molecule has 0 atom stereocenters. The average molecular weight is 266 g/mol. The molecule has 0 amide bonds. The van der Waals surface area contributed by atoms with Gasteiger partial charge in [-0.15, -0.1) is 0 Å². The van der Waals surface area contributed by atoms with Gasteiger partial charge in [-0.25, -0.2) is 0 Å².